The predicted molar refractivity (Wildman–Crippen MR) is 140 cm³/mol. The molecule has 0 saturated carbocycles. The van der Waals surface area contributed by atoms with Crippen molar-refractivity contribution in [1.29, 1.82) is 0 Å². The number of rotatable bonds is 6. The van der Waals surface area contributed by atoms with Crippen LogP contribution in [0, 0.1) is 18.8 Å². The number of likely N-dealkylation sites (tertiary alicyclic amines) is 1. The molecule has 4 aliphatic rings. The standard InChI is InChI=1S/C27H31ClN2O5S/c1-17-9-7-10-18(28)22(17)29-14-8-12-27-21(20-19(36-27)11-3-6-16-35-26(20)34)24(32)30(23(27)25(29)33)13-4-2-5-15-31/h3,7-12,19-21,23,31H,2,4-6,13-16H2,1H3/t19-,20+,21+,23?,27+/m1/s1. The molecule has 192 valence electrons. The van der Waals surface area contributed by atoms with Gasteiger partial charge in [0.25, 0.3) is 5.91 Å². The van der Waals surface area contributed by atoms with Crippen molar-refractivity contribution in [3.05, 3.63) is 53.1 Å². The largest absolute Gasteiger partial charge is 0.465 e. The van der Waals surface area contributed by atoms with E-state index in [-0.39, 0.29) is 29.6 Å². The summed E-state index contributed by atoms with van der Waals surface area (Å²) in [6.07, 6.45) is 10.6. The van der Waals surface area contributed by atoms with Gasteiger partial charge in [-0.2, -0.15) is 0 Å². The first-order valence-electron chi connectivity index (χ1n) is 12.6. The molecule has 2 saturated heterocycles. The van der Waals surface area contributed by atoms with Crippen LogP contribution in [0.2, 0.25) is 5.02 Å². The van der Waals surface area contributed by atoms with E-state index in [0.717, 1.165) is 12.0 Å². The van der Waals surface area contributed by atoms with Crippen LogP contribution in [0.25, 0.3) is 0 Å². The molecular formula is C27H31ClN2O5S. The Bertz CT molecular complexity index is 1100. The Balaban J connectivity index is 1.59. The van der Waals surface area contributed by atoms with Crippen LogP contribution in [0.1, 0.15) is 31.2 Å². The Labute approximate surface area is 220 Å². The van der Waals surface area contributed by atoms with Crippen LogP contribution in [0.15, 0.2) is 42.5 Å². The molecule has 1 N–H and O–H groups in total. The van der Waals surface area contributed by atoms with E-state index in [1.165, 1.54) is 11.8 Å². The number of anilines is 1. The number of cyclic esters (lactones) is 1. The molecule has 4 aliphatic heterocycles. The fraction of sp³-hybridized carbons (Fsp3) is 0.519. The summed E-state index contributed by atoms with van der Waals surface area (Å²) in [5.41, 5.74) is 1.53. The molecule has 2 amide bonds. The number of esters is 1. The highest BCUT2D eigenvalue weighted by molar-refractivity contribution is 8.02. The van der Waals surface area contributed by atoms with Gasteiger partial charge in [-0.15, -0.1) is 11.8 Å². The van der Waals surface area contributed by atoms with Crippen LogP contribution in [-0.2, 0) is 19.1 Å². The molecule has 7 nitrogen and oxygen atoms in total. The van der Waals surface area contributed by atoms with E-state index in [1.54, 1.807) is 15.9 Å². The number of para-hydroxylation sites is 1. The third-order valence-electron chi connectivity index (χ3n) is 7.64. The van der Waals surface area contributed by atoms with Crippen molar-refractivity contribution in [2.75, 3.05) is 31.2 Å². The number of hydrogen-bond donors (Lipinski definition) is 1. The van der Waals surface area contributed by atoms with Crippen molar-refractivity contribution in [1.82, 2.24) is 4.90 Å². The SMILES string of the molecule is Cc1cccc(Cl)c1N1CC=C[C@]23S[C@@H]4C=CCCOC(=O)[C@@H]4[C@H]2C(=O)N(CCCCCO)C3C1=O. The highest BCUT2D eigenvalue weighted by Crippen LogP contribution is 2.61. The minimum absolute atomic E-state index is 0.0863. The van der Waals surface area contributed by atoms with E-state index in [2.05, 4.69) is 0 Å². The fourth-order valence-electron chi connectivity index (χ4n) is 6.08. The molecule has 1 unspecified atom stereocenters. The Morgan fingerprint density at radius 2 is 2.00 bits per heavy atom. The lowest BCUT2D eigenvalue weighted by Crippen LogP contribution is -2.53. The number of amides is 2. The maximum absolute atomic E-state index is 14.4. The number of carbonyl (C=O) groups excluding carboxylic acids is 3. The summed E-state index contributed by atoms with van der Waals surface area (Å²) >= 11 is 8.11. The number of halogens is 1. The molecule has 0 aliphatic carbocycles. The zero-order chi connectivity index (χ0) is 25.4. The van der Waals surface area contributed by atoms with Crippen molar-refractivity contribution in [3.63, 3.8) is 0 Å². The number of fused-ring (bicyclic) bond motifs is 2. The molecule has 1 spiro atoms. The summed E-state index contributed by atoms with van der Waals surface area (Å²) in [5, 5.41) is 9.45. The summed E-state index contributed by atoms with van der Waals surface area (Å²) < 4.78 is 4.64. The Hall–Kier alpha value is -2.29. The molecule has 1 aromatic rings. The first-order valence-corrected chi connectivity index (χ1v) is 13.8. The first-order chi connectivity index (χ1) is 17.4. The third kappa shape index (κ3) is 4.07. The molecule has 2 fully saturated rings. The minimum atomic E-state index is -0.877. The third-order valence-corrected chi connectivity index (χ3v) is 9.69. The number of carbonyl (C=O) groups is 3. The van der Waals surface area contributed by atoms with E-state index in [4.69, 9.17) is 16.3 Å². The average Bonchev–Trinajstić information content (AvgIpc) is 3.21. The number of thioether (sulfide) groups is 1. The number of aliphatic hydroxyl groups excluding tert-OH is 1. The minimum Gasteiger partial charge on any atom is -0.465 e. The average molecular weight is 531 g/mol. The summed E-state index contributed by atoms with van der Waals surface area (Å²) in [7, 11) is 0. The molecule has 36 heavy (non-hydrogen) atoms. The lowest BCUT2D eigenvalue weighted by atomic mass is 9.78. The van der Waals surface area contributed by atoms with Gasteiger partial charge in [-0.1, -0.05) is 48.0 Å². The molecule has 5 rings (SSSR count). The normalized spacial score (nSPS) is 31.5. The van der Waals surface area contributed by atoms with Crippen molar-refractivity contribution in [2.45, 2.75) is 48.6 Å². The first kappa shape index (κ1) is 25.4. The van der Waals surface area contributed by atoms with Crippen LogP contribution in [0.4, 0.5) is 5.69 Å². The van der Waals surface area contributed by atoms with E-state index in [9.17, 15) is 19.5 Å². The smallest absolute Gasteiger partial charge is 0.311 e. The van der Waals surface area contributed by atoms with E-state index in [0.29, 0.717) is 49.7 Å². The molecule has 0 bridgehead atoms. The lowest BCUT2D eigenvalue weighted by Gasteiger charge is -2.35. The number of benzene rings is 1. The number of aryl methyl sites for hydroxylation is 1. The molecule has 0 aromatic heterocycles. The van der Waals surface area contributed by atoms with Gasteiger partial charge in [-0.25, -0.2) is 0 Å². The zero-order valence-corrected chi connectivity index (χ0v) is 21.8. The number of hydrogen-bond acceptors (Lipinski definition) is 6. The second-order valence-electron chi connectivity index (χ2n) is 9.80. The number of aliphatic hydroxyl groups is 1. The predicted octanol–water partition coefficient (Wildman–Crippen LogP) is 3.51. The van der Waals surface area contributed by atoms with Gasteiger partial charge in [0, 0.05) is 24.9 Å². The Morgan fingerprint density at radius 1 is 1.17 bits per heavy atom. The van der Waals surface area contributed by atoms with Crippen LogP contribution < -0.4 is 4.90 Å². The monoisotopic (exact) mass is 530 g/mol. The van der Waals surface area contributed by atoms with E-state index in [1.807, 2.05) is 43.4 Å². The quantitative estimate of drug-likeness (QED) is 0.344. The Kier molecular flexibility index (Phi) is 7.21. The maximum Gasteiger partial charge on any atom is 0.311 e. The number of unbranched alkanes of at least 4 members (excludes halogenated alkanes) is 2. The van der Waals surface area contributed by atoms with Crippen LogP contribution in [-0.4, -0.2) is 70.1 Å². The summed E-state index contributed by atoms with van der Waals surface area (Å²) in [6.45, 7) is 3.01. The maximum atomic E-state index is 14.4. The topological polar surface area (TPSA) is 87.2 Å². The van der Waals surface area contributed by atoms with Gasteiger partial charge in [0.15, 0.2) is 0 Å². The van der Waals surface area contributed by atoms with Gasteiger partial charge in [0.2, 0.25) is 5.91 Å². The number of nitrogens with zero attached hydrogens (tertiary/aromatic N) is 2. The second kappa shape index (κ2) is 10.2. The van der Waals surface area contributed by atoms with E-state index < -0.39 is 22.6 Å². The van der Waals surface area contributed by atoms with Gasteiger partial charge in [0.1, 0.15) is 6.04 Å². The van der Waals surface area contributed by atoms with Gasteiger partial charge in [-0.05, 0) is 44.2 Å². The highest BCUT2D eigenvalue weighted by Gasteiger charge is 2.71. The fourth-order valence-corrected chi connectivity index (χ4v) is 8.41. The molecule has 1 aromatic carbocycles. The summed E-state index contributed by atoms with van der Waals surface area (Å²) in [5.74, 6) is -2.05. The van der Waals surface area contributed by atoms with Gasteiger partial charge < -0.3 is 19.6 Å². The van der Waals surface area contributed by atoms with Crippen molar-refractivity contribution in [2.24, 2.45) is 11.8 Å². The van der Waals surface area contributed by atoms with Gasteiger partial charge in [0.05, 0.1) is 33.9 Å². The Morgan fingerprint density at radius 3 is 2.78 bits per heavy atom. The summed E-state index contributed by atoms with van der Waals surface area (Å²) in [6, 6.07) is 4.77. The van der Waals surface area contributed by atoms with Crippen LogP contribution in [0.3, 0.4) is 0 Å². The van der Waals surface area contributed by atoms with E-state index >= 15 is 0 Å². The van der Waals surface area contributed by atoms with Gasteiger partial charge in [-0.3, -0.25) is 14.4 Å². The molecular weight excluding hydrogens is 500 g/mol. The molecule has 0 radical (unpaired) electrons. The van der Waals surface area contributed by atoms with Crippen molar-refractivity contribution < 1.29 is 24.2 Å². The van der Waals surface area contributed by atoms with Crippen LogP contribution in [0.5, 0.6) is 0 Å². The molecule has 9 heteroatoms. The molecule has 4 heterocycles. The van der Waals surface area contributed by atoms with Gasteiger partial charge >= 0.3 is 5.97 Å². The number of ether oxygens (including phenoxy) is 1. The highest BCUT2D eigenvalue weighted by atomic mass is 35.5. The van der Waals surface area contributed by atoms with Crippen molar-refractivity contribution in [3.8, 4) is 0 Å². The van der Waals surface area contributed by atoms with Crippen LogP contribution >= 0.6 is 23.4 Å². The summed E-state index contributed by atoms with van der Waals surface area (Å²) in [4.78, 5) is 44.9. The van der Waals surface area contributed by atoms with Crippen molar-refractivity contribution >= 4 is 46.8 Å². The molecule has 5 atom stereocenters. The zero-order valence-electron chi connectivity index (χ0n) is 20.3. The lowest BCUT2D eigenvalue weighted by molar-refractivity contribution is -0.153. The second-order valence-corrected chi connectivity index (χ2v) is 11.7.